The molecule has 0 aliphatic carbocycles. The van der Waals surface area contributed by atoms with E-state index in [4.69, 9.17) is 20.5 Å². The number of pyridine rings is 1. The molecule has 0 saturated carbocycles. The van der Waals surface area contributed by atoms with E-state index < -0.39 is 42.7 Å². The van der Waals surface area contributed by atoms with Gasteiger partial charge in [0.15, 0.2) is 0 Å². The number of amides is 2. The fourth-order valence-corrected chi connectivity index (χ4v) is 6.20. The monoisotopic (exact) mass is 752 g/mol. The van der Waals surface area contributed by atoms with Crippen molar-refractivity contribution in [1.29, 1.82) is 0 Å². The van der Waals surface area contributed by atoms with Crippen molar-refractivity contribution in [3.8, 4) is 11.1 Å². The van der Waals surface area contributed by atoms with E-state index in [1.165, 1.54) is 24.3 Å². The first-order chi connectivity index (χ1) is 26.4. The molecule has 1 saturated heterocycles. The van der Waals surface area contributed by atoms with E-state index in [0.717, 1.165) is 30.0 Å². The van der Waals surface area contributed by atoms with Crippen LogP contribution in [0.1, 0.15) is 69.3 Å². The highest BCUT2D eigenvalue weighted by Crippen LogP contribution is 2.37. The molecule has 286 valence electrons. The average molecular weight is 753 g/mol. The molecule has 2 amide bonds. The van der Waals surface area contributed by atoms with E-state index in [-0.39, 0.29) is 35.2 Å². The van der Waals surface area contributed by atoms with Gasteiger partial charge in [0.25, 0.3) is 11.8 Å². The lowest BCUT2D eigenvalue weighted by atomic mass is 9.76. The average Bonchev–Trinajstić information content (AvgIpc) is 3.20. The Morgan fingerprint density at radius 1 is 0.800 bits per heavy atom. The topological polar surface area (TPSA) is 187 Å². The number of carbonyl (C=O) groups excluding carboxylic acids is 2. The van der Waals surface area contributed by atoms with Gasteiger partial charge in [-0.2, -0.15) is 0 Å². The van der Waals surface area contributed by atoms with Crippen molar-refractivity contribution in [2.24, 2.45) is 0 Å². The lowest BCUT2D eigenvalue weighted by Crippen LogP contribution is -2.33. The molecular formula is C41H43BF2N4O7. The van der Waals surface area contributed by atoms with Crippen LogP contribution < -0.4 is 21.8 Å². The number of nitrogens with zero attached hydrogens (tertiary/aromatic N) is 1. The number of aliphatic hydroxyl groups is 2. The van der Waals surface area contributed by atoms with Gasteiger partial charge in [-0.05, 0) is 76.3 Å². The first-order valence-corrected chi connectivity index (χ1v) is 17.7. The lowest BCUT2D eigenvalue weighted by molar-refractivity contribution is 0.0563. The maximum Gasteiger partial charge on any atom is 0.488 e. The van der Waals surface area contributed by atoms with Crippen LogP contribution in [0.3, 0.4) is 0 Å². The van der Waals surface area contributed by atoms with Crippen molar-refractivity contribution in [2.75, 3.05) is 32.2 Å². The molecule has 1 aliphatic heterocycles. The summed E-state index contributed by atoms with van der Waals surface area (Å²) in [5, 5.41) is 42.2. The molecule has 14 heteroatoms. The van der Waals surface area contributed by atoms with Crippen LogP contribution in [0.25, 0.3) is 11.1 Å². The zero-order chi connectivity index (χ0) is 39.5. The largest absolute Gasteiger partial charge is 0.488 e. The van der Waals surface area contributed by atoms with Gasteiger partial charge in [0.2, 0.25) is 0 Å². The number of ether oxygens (including phenoxy) is 1. The van der Waals surface area contributed by atoms with Gasteiger partial charge in [-0.25, -0.2) is 13.8 Å². The van der Waals surface area contributed by atoms with Gasteiger partial charge in [0.05, 0.1) is 36.4 Å². The Kier molecular flexibility index (Phi) is 13.8. The lowest BCUT2D eigenvalue weighted by Gasteiger charge is -2.34. The van der Waals surface area contributed by atoms with Gasteiger partial charge in [0, 0.05) is 25.0 Å². The number of benzene rings is 4. The van der Waals surface area contributed by atoms with Crippen molar-refractivity contribution in [3.05, 3.63) is 149 Å². The number of carbonyl (C=O) groups is 2. The maximum atomic E-state index is 15.0. The van der Waals surface area contributed by atoms with E-state index in [1.54, 1.807) is 54.7 Å². The van der Waals surface area contributed by atoms with Gasteiger partial charge in [-0.1, -0.05) is 79.7 Å². The minimum Gasteiger partial charge on any atom is -0.423 e. The molecule has 2 atom stereocenters. The molecular weight excluding hydrogens is 709 g/mol. The third-order valence-electron chi connectivity index (χ3n) is 9.65. The molecule has 0 bridgehead atoms. The third-order valence-corrected chi connectivity index (χ3v) is 9.65. The molecule has 5 aromatic rings. The van der Waals surface area contributed by atoms with Gasteiger partial charge in [0.1, 0.15) is 17.5 Å². The second-order valence-corrected chi connectivity index (χ2v) is 13.4. The van der Waals surface area contributed by atoms with Crippen molar-refractivity contribution in [2.45, 2.75) is 37.3 Å². The van der Waals surface area contributed by atoms with Crippen LogP contribution in [0.15, 0.2) is 109 Å². The Hall–Kier alpha value is -5.51. The Bertz CT molecular complexity index is 2070. The maximum absolute atomic E-state index is 15.0. The molecule has 0 spiro atoms. The molecule has 55 heavy (non-hydrogen) atoms. The quantitative estimate of drug-likeness (QED) is 0.0981. The highest BCUT2D eigenvalue weighted by Gasteiger charge is 2.30. The number of aliphatic hydroxyl groups excluding tert-OH is 2. The van der Waals surface area contributed by atoms with E-state index in [0.29, 0.717) is 35.7 Å². The van der Waals surface area contributed by atoms with E-state index >= 15 is 4.39 Å². The van der Waals surface area contributed by atoms with Gasteiger partial charge in [-0.15, -0.1) is 0 Å². The summed E-state index contributed by atoms with van der Waals surface area (Å²) in [6.45, 7) is 2.92. The molecule has 1 aliphatic rings. The molecule has 1 aromatic heterocycles. The second-order valence-electron chi connectivity index (χ2n) is 13.4. The number of hydrogen-bond donors (Lipinski definition) is 7. The van der Waals surface area contributed by atoms with E-state index in [1.807, 2.05) is 24.3 Å². The Morgan fingerprint density at radius 3 is 1.78 bits per heavy atom. The third kappa shape index (κ3) is 10.2. The number of hydrogen-bond acceptors (Lipinski definition) is 9. The zero-order valence-electron chi connectivity index (χ0n) is 30.2. The molecule has 2 heterocycles. The second kappa shape index (κ2) is 18.7. The fourth-order valence-electron chi connectivity index (χ4n) is 6.20. The molecule has 4 aromatic carbocycles. The van der Waals surface area contributed by atoms with Crippen molar-refractivity contribution >= 4 is 30.2 Å². The number of nitrogens with one attached hydrogen (secondary N) is 2. The van der Waals surface area contributed by atoms with Crippen LogP contribution in [0.2, 0.25) is 0 Å². The van der Waals surface area contributed by atoms with Gasteiger partial charge >= 0.3 is 7.12 Å². The molecule has 0 radical (unpaired) electrons. The predicted octanol–water partition coefficient (Wildman–Crippen LogP) is 3.97. The number of nitrogen functional groups attached to an aromatic ring is 1. The van der Waals surface area contributed by atoms with Crippen molar-refractivity contribution in [3.63, 3.8) is 0 Å². The zero-order valence-corrected chi connectivity index (χ0v) is 30.2. The summed E-state index contributed by atoms with van der Waals surface area (Å²) >= 11 is 0. The first kappa shape index (κ1) is 40.7. The standard InChI is InChI=1S/C26H28FN3O3.C15H15BFNO4/c1-26(9-11-33-12-10-26)19-14-21(24(28)29-15-19)18-7-8-20(22(27)13-18)25(32)30-23(16-31)17-5-3-2-4-6-17;17-13-8-11(16(21)22)6-7-12(13)15(20)18-14(9-19)10-4-2-1-3-5-10/h2-8,13-15,23,31H,9-12,16H2,1H3,(H2,28,29)(H,30,32);1-8,14,19,21-22H,9H2,(H,18,20)/t23-;14-/m11/s1. The summed E-state index contributed by atoms with van der Waals surface area (Å²) in [6, 6.07) is 26.2. The summed E-state index contributed by atoms with van der Waals surface area (Å²) < 4.78 is 34.4. The van der Waals surface area contributed by atoms with Crippen LogP contribution in [0, 0.1) is 11.6 Å². The van der Waals surface area contributed by atoms with Crippen molar-refractivity contribution < 1.29 is 43.4 Å². The normalized spacial score (nSPS) is 14.5. The van der Waals surface area contributed by atoms with Gasteiger partial charge < -0.3 is 41.4 Å². The van der Waals surface area contributed by atoms with Crippen LogP contribution in [-0.2, 0) is 10.2 Å². The van der Waals surface area contributed by atoms with Crippen LogP contribution in [0.5, 0.6) is 0 Å². The van der Waals surface area contributed by atoms with E-state index in [2.05, 4.69) is 22.5 Å². The fraction of sp³-hybridized carbons (Fsp3) is 0.244. The van der Waals surface area contributed by atoms with Crippen LogP contribution >= 0.6 is 0 Å². The number of halogens is 2. The van der Waals surface area contributed by atoms with Crippen molar-refractivity contribution in [1.82, 2.24) is 15.6 Å². The summed E-state index contributed by atoms with van der Waals surface area (Å²) in [7, 11) is -1.80. The van der Waals surface area contributed by atoms with E-state index in [9.17, 15) is 24.2 Å². The Labute approximate surface area is 318 Å². The smallest absolute Gasteiger partial charge is 0.423 e. The summed E-state index contributed by atoms with van der Waals surface area (Å²) in [5.74, 6) is -2.53. The molecule has 0 unspecified atom stereocenters. The Morgan fingerprint density at radius 2 is 1.31 bits per heavy atom. The van der Waals surface area contributed by atoms with Crippen LogP contribution in [0.4, 0.5) is 14.6 Å². The van der Waals surface area contributed by atoms with Crippen LogP contribution in [-0.4, -0.2) is 70.6 Å². The number of nitrogens with two attached hydrogens (primary N) is 1. The minimum atomic E-state index is -1.80. The summed E-state index contributed by atoms with van der Waals surface area (Å²) in [5.41, 5.74) is 9.30. The van der Waals surface area contributed by atoms with Gasteiger partial charge in [-0.3, -0.25) is 9.59 Å². The predicted molar refractivity (Wildman–Crippen MR) is 205 cm³/mol. The highest BCUT2D eigenvalue weighted by atomic mass is 19.1. The molecule has 11 nitrogen and oxygen atoms in total. The SMILES string of the molecule is CC1(c2cnc(N)c(-c3ccc(C(=O)N[C@H](CO)c4ccccc4)c(F)c3)c2)CCOCC1.O=C(N[C@H](CO)c1ccccc1)c1ccc(B(O)O)cc1F. The molecule has 1 fully saturated rings. The minimum absolute atomic E-state index is 0.0455. The number of anilines is 1. The highest BCUT2D eigenvalue weighted by molar-refractivity contribution is 6.58. The number of rotatable bonds is 11. The molecule has 6 rings (SSSR count). The first-order valence-electron chi connectivity index (χ1n) is 17.7. The Balaban J connectivity index is 0.000000229. The number of aromatic nitrogens is 1. The molecule has 8 N–H and O–H groups in total. The summed E-state index contributed by atoms with van der Waals surface area (Å²) in [6.07, 6.45) is 3.53. The summed E-state index contributed by atoms with van der Waals surface area (Å²) in [4.78, 5) is 29.2.